The fourth-order valence-electron chi connectivity index (χ4n) is 2.79. The smallest absolute Gasteiger partial charge is 0.331 e. The Morgan fingerprint density at radius 3 is 2.10 bits per heavy atom. The minimum absolute atomic E-state index is 0.0178. The van der Waals surface area contributed by atoms with Crippen LogP contribution in [0, 0.1) is 0 Å². The highest BCUT2D eigenvalue weighted by Gasteiger charge is 2.40. The number of halogens is 1. The number of nitrogens with zero attached hydrogens (tertiary/aromatic N) is 1. The van der Waals surface area contributed by atoms with E-state index in [9.17, 15) is 19.2 Å². The average molecular weight is 490 g/mol. The summed E-state index contributed by atoms with van der Waals surface area (Å²) in [4.78, 5) is 50.6. The first-order valence-electron chi connectivity index (χ1n) is 9.59. The maximum atomic E-state index is 13.1. The predicted octanol–water partition coefficient (Wildman–Crippen LogP) is 3.66. The summed E-state index contributed by atoms with van der Waals surface area (Å²) in [5, 5.41) is 0. The van der Waals surface area contributed by atoms with E-state index in [1.807, 2.05) is 0 Å². The second-order valence-electron chi connectivity index (χ2n) is 7.23. The Morgan fingerprint density at radius 2 is 1.52 bits per heavy atom. The van der Waals surface area contributed by atoms with E-state index in [4.69, 9.17) is 9.47 Å². The Hall–Kier alpha value is -3.00. The van der Waals surface area contributed by atoms with E-state index in [-0.39, 0.29) is 18.9 Å². The summed E-state index contributed by atoms with van der Waals surface area (Å²) in [6, 6.07) is 15.1. The maximum Gasteiger partial charge on any atom is 0.331 e. The molecule has 2 aromatic carbocycles. The lowest BCUT2D eigenvalue weighted by Gasteiger charge is -2.36. The molecule has 0 fully saturated rings. The summed E-state index contributed by atoms with van der Waals surface area (Å²) in [6.07, 6.45) is 0. The van der Waals surface area contributed by atoms with Crippen molar-refractivity contribution < 1.29 is 28.7 Å². The number of carbonyl (C=O) groups excluding carboxylic acids is 4. The van der Waals surface area contributed by atoms with Gasteiger partial charge in [0, 0.05) is 22.5 Å². The van der Waals surface area contributed by atoms with E-state index in [0.717, 1.165) is 4.47 Å². The summed E-state index contributed by atoms with van der Waals surface area (Å²) in [5.41, 5.74) is -0.634. The molecule has 2 rings (SSSR count). The first-order valence-corrected chi connectivity index (χ1v) is 10.4. The monoisotopic (exact) mass is 489 g/mol. The molecule has 7 nitrogen and oxygen atoms in total. The third kappa shape index (κ3) is 6.75. The van der Waals surface area contributed by atoms with Crippen LogP contribution in [0.2, 0.25) is 0 Å². The van der Waals surface area contributed by atoms with Crippen LogP contribution in [0.1, 0.15) is 41.5 Å². The fraction of sp³-hybridized carbons (Fsp3) is 0.304. The van der Waals surface area contributed by atoms with Crippen LogP contribution in [0.5, 0.6) is 0 Å². The summed E-state index contributed by atoms with van der Waals surface area (Å²) >= 11 is 3.30. The van der Waals surface area contributed by atoms with E-state index in [1.165, 1.54) is 25.7 Å². The minimum Gasteiger partial charge on any atom is -0.464 e. The lowest BCUT2D eigenvalue weighted by Crippen LogP contribution is -2.55. The standard InChI is InChI=1S/C23H24BrNO6/c1-16(26)30-14-13-25(21(28)18-7-5-4-6-8-18)23(2,3)22(29)31-15-20(27)17-9-11-19(24)12-10-17/h4-12H,13-15H2,1-3H3. The molecule has 0 spiro atoms. The van der Waals surface area contributed by atoms with Crippen LogP contribution >= 0.6 is 15.9 Å². The maximum absolute atomic E-state index is 13.1. The molecule has 0 saturated heterocycles. The molecule has 0 aromatic heterocycles. The summed E-state index contributed by atoms with van der Waals surface area (Å²) in [5.74, 6) is -2.02. The number of Topliss-reactive ketones (excluding diaryl/α,β-unsaturated/α-hetero) is 1. The minimum atomic E-state index is -1.41. The van der Waals surface area contributed by atoms with Crippen molar-refractivity contribution in [3.63, 3.8) is 0 Å². The van der Waals surface area contributed by atoms with Gasteiger partial charge in [-0.25, -0.2) is 4.79 Å². The van der Waals surface area contributed by atoms with Gasteiger partial charge in [0.1, 0.15) is 12.1 Å². The molecule has 8 heteroatoms. The second-order valence-corrected chi connectivity index (χ2v) is 8.14. The van der Waals surface area contributed by atoms with Gasteiger partial charge in [-0.15, -0.1) is 0 Å². The number of ketones is 1. The summed E-state index contributed by atoms with van der Waals surface area (Å²) in [7, 11) is 0. The molecule has 0 bridgehead atoms. The number of amides is 1. The van der Waals surface area contributed by atoms with Crippen LogP contribution in [0.25, 0.3) is 0 Å². The van der Waals surface area contributed by atoms with Crippen molar-refractivity contribution in [1.82, 2.24) is 4.90 Å². The number of esters is 2. The average Bonchev–Trinajstić information content (AvgIpc) is 2.75. The third-order valence-corrected chi connectivity index (χ3v) is 5.09. The number of rotatable bonds is 9. The highest BCUT2D eigenvalue weighted by molar-refractivity contribution is 9.10. The highest BCUT2D eigenvalue weighted by atomic mass is 79.9. The van der Waals surface area contributed by atoms with Gasteiger partial charge < -0.3 is 14.4 Å². The molecule has 31 heavy (non-hydrogen) atoms. The van der Waals surface area contributed by atoms with E-state index in [0.29, 0.717) is 11.1 Å². The molecule has 0 saturated carbocycles. The van der Waals surface area contributed by atoms with Crippen LogP contribution in [0.4, 0.5) is 0 Å². The molecule has 0 N–H and O–H groups in total. The topological polar surface area (TPSA) is 90.0 Å². The predicted molar refractivity (Wildman–Crippen MR) is 118 cm³/mol. The zero-order valence-corrected chi connectivity index (χ0v) is 19.2. The van der Waals surface area contributed by atoms with Gasteiger partial charge in [0.25, 0.3) is 5.91 Å². The number of hydrogen-bond donors (Lipinski definition) is 0. The van der Waals surface area contributed by atoms with Crippen molar-refractivity contribution in [2.75, 3.05) is 19.8 Å². The molecule has 0 aliphatic heterocycles. The third-order valence-electron chi connectivity index (χ3n) is 4.56. The largest absolute Gasteiger partial charge is 0.464 e. The molecule has 164 valence electrons. The lowest BCUT2D eigenvalue weighted by molar-refractivity contribution is -0.154. The van der Waals surface area contributed by atoms with Gasteiger partial charge in [-0.2, -0.15) is 0 Å². The van der Waals surface area contributed by atoms with Crippen molar-refractivity contribution in [2.24, 2.45) is 0 Å². The van der Waals surface area contributed by atoms with Gasteiger partial charge in [0.15, 0.2) is 12.4 Å². The van der Waals surface area contributed by atoms with E-state index < -0.39 is 30.0 Å². The van der Waals surface area contributed by atoms with Gasteiger partial charge in [-0.1, -0.05) is 46.3 Å². The van der Waals surface area contributed by atoms with Crippen molar-refractivity contribution in [2.45, 2.75) is 26.3 Å². The van der Waals surface area contributed by atoms with E-state index in [2.05, 4.69) is 15.9 Å². The fourth-order valence-corrected chi connectivity index (χ4v) is 3.05. The van der Waals surface area contributed by atoms with Crippen LogP contribution < -0.4 is 0 Å². The molecule has 0 atom stereocenters. The molecule has 0 radical (unpaired) electrons. The molecule has 2 aromatic rings. The number of carbonyl (C=O) groups is 4. The Bertz CT molecular complexity index is 940. The van der Waals surface area contributed by atoms with Gasteiger partial charge >= 0.3 is 11.9 Å². The van der Waals surface area contributed by atoms with Crippen molar-refractivity contribution in [3.05, 3.63) is 70.2 Å². The molecular formula is C23H24BrNO6. The van der Waals surface area contributed by atoms with Crippen molar-refractivity contribution in [1.29, 1.82) is 0 Å². The normalized spacial score (nSPS) is 10.8. The van der Waals surface area contributed by atoms with Gasteiger partial charge in [-0.3, -0.25) is 14.4 Å². The molecule has 0 aliphatic rings. The van der Waals surface area contributed by atoms with Gasteiger partial charge in [-0.05, 0) is 38.1 Å². The Labute approximate surface area is 189 Å². The lowest BCUT2D eigenvalue weighted by atomic mass is 10.0. The van der Waals surface area contributed by atoms with Crippen LogP contribution in [0.3, 0.4) is 0 Å². The van der Waals surface area contributed by atoms with Gasteiger partial charge in [0.05, 0.1) is 6.54 Å². The molecule has 0 unspecified atom stereocenters. The SMILES string of the molecule is CC(=O)OCCN(C(=O)c1ccccc1)C(C)(C)C(=O)OCC(=O)c1ccc(Br)cc1. The zero-order valence-electron chi connectivity index (χ0n) is 17.6. The number of benzene rings is 2. The quantitative estimate of drug-likeness (QED) is 0.394. The summed E-state index contributed by atoms with van der Waals surface area (Å²) in [6.45, 7) is 3.75. The molecular weight excluding hydrogens is 466 g/mol. The van der Waals surface area contributed by atoms with E-state index >= 15 is 0 Å². The molecule has 0 aliphatic carbocycles. The number of hydrogen-bond acceptors (Lipinski definition) is 6. The molecule has 1 amide bonds. The van der Waals surface area contributed by atoms with Crippen LogP contribution in [0.15, 0.2) is 59.1 Å². The molecule has 0 heterocycles. The highest BCUT2D eigenvalue weighted by Crippen LogP contribution is 2.20. The van der Waals surface area contributed by atoms with Crippen molar-refractivity contribution in [3.8, 4) is 0 Å². The Kier molecular flexibility index (Phi) is 8.50. The van der Waals surface area contributed by atoms with Gasteiger partial charge in [0.2, 0.25) is 0 Å². The van der Waals surface area contributed by atoms with Crippen molar-refractivity contribution >= 4 is 39.6 Å². The van der Waals surface area contributed by atoms with E-state index in [1.54, 1.807) is 54.6 Å². The number of ether oxygens (including phenoxy) is 2. The van der Waals surface area contributed by atoms with Crippen LogP contribution in [-0.2, 0) is 19.1 Å². The summed E-state index contributed by atoms with van der Waals surface area (Å²) < 4.78 is 11.0. The zero-order chi connectivity index (χ0) is 23.0. The Morgan fingerprint density at radius 1 is 0.903 bits per heavy atom. The first-order chi connectivity index (χ1) is 14.6. The first kappa shape index (κ1) is 24.3. The Balaban J connectivity index is 2.14. The van der Waals surface area contributed by atoms with Crippen LogP contribution in [-0.4, -0.2) is 53.8 Å². The second kappa shape index (κ2) is 10.9.